The van der Waals surface area contributed by atoms with Crippen LogP contribution in [0.25, 0.3) is 115 Å². The Kier molecular flexibility index (Phi) is 6.94. The smallest absolute Gasteiger partial charge is 0.114 e. The number of rotatable bonds is 5. The van der Waals surface area contributed by atoms with Gasteiger partial charge < -0.3 is 0 Å². The van der Waals surface area contributed by atoms with E-state index in [1.807, 2.05) is 0 Å². The molecule has 12 rings (SSSR count). The lowest BCUT2D eigenvalue weighted by Gasteiger charge is -2.21. The standard InChI is InChI=1S/C55H36N2/c1-2-52-56-49-24-10-11-25-51(49)57(52)50-31-30-45(38-18-6-7-19-40(38)50)55-43-21-9-8-20-42(43)54(48-32-36(26-29-46(48)55)34-14-4-3-5-15-34)37-27-28-39-41-22-12-16-35-17-13-23-44(53(35)41)47(39)33-37/h3-33H,2H2,1H3. The molecule has 11 aromatic rings. The molecule has 0 atom stereocenters. The molecule has 0 N–H and O–H groups in total. The fourth-order valence-corrected chi connectivity index (χ4v) is 9.82. The normalized spacial score (nSPS) is 12.0. The number of hydrogen-bond donors (Lipinski definition) is 0. The molecule has 266 valence electrons. The van der Waals surface area contributed by atoms with Gasteiger partial charge in [0.15, 0.2) is 0 Å². The topological polar surface area (TPSA) is 17.8 Å². The van der Waals surface area contributed by atoms with Gasteiger partial charge in [0, 0.05) is 11.8 Å². The number of aryl methyl sites for hydroxylation is 1. The maximum Gasteiger partial charge on any atom is 0.114 e. The molecule has 2 nitrogen and oxygen atoms in total. The van der Waals surface area contributed by atoms with Crippen LogP contribution >= 0.6 is 0 Å². The second-order valence-corrected chi connectivity index (χ2v) is 15.3. The number of imidazole rings is 1. The molecule has 0 saturated carbocycles. The van der Waals surface area contributed by atoms with Gasteiger partial charge in [-0.15, -0.1) is 0 Å². The van der Waals surface area contributed by atoms with Gasteiger partial charge in [-0.05, 0) is 124 Å². The van der Waals surface area contributed by atoms with Crippen molar-refractivity contribution in [2.24, 2.45) is 0 Å². The summed E-state index contributed by atoms with van der Waals surface area (Å²) in [6.07, 6.45) is 0.842. The van der Waals surface area contributed by atoms with E-state index in [2.05, 4.69) is 200 Å². The fraction of sp³-hybridized carbons (Fsp3) is 0.0364. The Morgan fingerprint density at radius 3 is 1.86 bits per heavy atom. The minimum absolute atomic E-state index is 0.842. The Hall–Kier alpha value is -7.29. The van der Waals surface area contributed by atoms with Gasteiger partial charge in [0.25, 0.3) is 0 Å². The zero-order chi connectivity index (χ0) is 37.6. The van der Waals surface area contributed by atoms with E-state index in [9.17, 15) is 0 Å². The van der Waals surface area contributed by atoms with Crippen LogP contribution in [0.3, 0.4) is 0 Å². The number of nitrogens with zero attached hydrogens (tertiary/aromatic N) is 2. The van der Waals surface area contributed by atoms with Gasteiger partial charge in [0.1, 0.15) is 5.82 Å². The monoisotopic (exact) mass is 724 g/mol. The first kappa shape index (κ1) is 32.0. The molecule has 57 heavy (non-hydrogen) atoms. The van der Waals surface area contributed by atoms with Crippen molar-refractivity contribution in [3.8, 4) is 61.3 Å². The van der Waals surface area contributed by atoms with Gasteiger partial charge in [-0.2, -0.15) is 0 Å². The van der Waals surface area contributed by atoms with E-state index in [1.54, 1.807) is 0 Å². The lowest BCUT2D eigenvalue weighted by Crippen LogP contribution is -2.01. The molecule has 0 saturated heterocycles. The van der Waals surface area contributed by atoms with E-state index in [-0.39, 0.29) is 0 Å². The summed E-state index contributed by atoms with van der Waals surface area (Å²) in [4.78, 5) is 5.06. The van der Waals surface area contributed by atoms with E-state index in [0.717, 1.165) is 29.0 Å². The highest BCUT2D eigenvalue weighted by molar-refractivity contribution is 6.25. The Balaban J connectivity index is 1.16. The first-order valence-electron chi connectivity index (χ1n) is 19.9. The minimum atomic E-state index is 0.842. The molecule has 0 spiro atoms. The maximum absolute atomic E-state index is 5.06. The summed E-state index contributed by atoms with van der Waals surface area (Å²) in [5.74, 6) is 1.07. The molecule has 1 aromatic heterocycles. The van der Waals surface area contributed by atoms with E-state index in [0.29, 0.717) is 0 Å². The van der Waals surface area contributed by atoms with Gasteiger partial charge >= 0.3 is 0 Å². The van der Waals surface area contributed by atoms with Crippen LogP contribution in [0.2, 0.25) is 0 Å². The Morgan fingerprint density at radius 2 is 1.05 bits per heavy atom. The molecule has 0 fully saturated rings. The highest BCUT2D eigenvalue weighted by Gasteiger charge is 2.24. The minimum Gasteiger partial charge on any atom is -0.296 e. The summed E-state index contributed by atoms with van der Waals surface area (Å²) in [6, 6.07) is 69.6. The van der Waals surface area contributed by atoms with Crippen molar-refractivity contribution in [2.75, 3.05) is 0 Å². The van der Waals surface area contributed by atoms with Crippen LogP contribution in [-0.2, 0) is 6.42 Å². The summed E-state index contributed by atoms with van der Waals surface area (Å²) >= 11 is 0. The van der Waals surface area contributed by atoms with Crippen LogP contribution in [0.4, 0.5) is 0 Å². The first-order chi connectivity index (χ1) is 28.2. The lowest BCUT2D eigenvalue weighted by molar-refractivity contribution is 0.913. The predicted octanol–water partition coefficient (Wildman–Crippen LogP) is 14.8. The molecule has 1 heterocycles. The summed E-state index contributed by atoms with van der Waals surface area (Å²) in [7, 11) is 0. The molecular weight excluding hydrogens is 689 g/mol. The van der Waals surface area contributed by atoms with E-state index in [4.69, 9.17) is 4.98 Å². The van der Waals surface area contributed by atoms with Crippen molar-refractivity contribution in [2.45, 2.75) is 13.3 Å². The highest BCUT2D eigenvalue weighted by Crippen LogP contribution is 2.51. The molecule has 0 aliphatic heterocycles. The molecular formula is C55H36N2. The first-order valence-corrected chi connectivity index (χ1v) is 19.9. The number of benzene rings is 10. The SMILES string of the molecule is CCc1nc2ccccc2n1-c1ccc(-c2c3ccccc3c(-c3ccc4c(c3)-c3cccc5cccc-4c35)c3cc(-c4ccccc4)ccc23)c2ccccc12. The van der Waals surface area contributed by atoms with Crippen molar-refractivity contribution < 1.29 is 0 Å². The Bertz CT molecular complexity index is 3440. The van der Waals surface area contributed by atoms with Crippen LogP contribution < -0.4 is 0 Å². The zero-order valence-electron chi connectivity index (χ0n) is 31.5. The van der Waals surface area contributed by atoms with E-state index in [1.165, 1.54) is 98.7 Å². The average Bonchev–Trinajstić information content (AvgIpc) is 3.81. The van der Waals surface area contributed by atoms with Crippen molar-refractivity contribution in [1.29, 1.82) is 0 Å². The lowest BCUT2D eigenvalue weighted by atomic mass is 9.83. The second-order valence-electron chi connectivity index (χ2n) is 15.3. The summed E-state index contributed by atoms with van der Waals surface area (Å²) in [5, 5.41) is 10.1. The van der Waals surface area contributed by atoms with Gasteiger partial charge in [0.05, 0.1) is 16.7 Å². The van der Waals surface area contributed by atoms with Crippen LogP contribution in [0.15, 0.2) is 188 Å². The molecule has 0 unspecified atom stereocenters. The van der Waals surface area contributed by atoms with Crippen LogP contribution in [0.1, 0.15) is 12.7 Å². The molecule has 0 bridgehead atoms. The van der Waals surface area contributed by atoms with Crippen LogP contribution in [0.5, 0.6) is 0 Å². The number of fused-ring (bicyclic) bond motifs is 7. The third kappa shape index (κ3) is 4.68. The van der Waals surface area contributed by atoms with Gasteiger partial charge in [-0.25, -0.2) is 4.98 Å². The largest absolute Gasteiger partial charge is 0.296 e. The second kappa shape index (κ2) is 12.4. The van der Waals surface area contributed by atoms with Crippen molar-refractivity contribution >= 4 is 54.1 Å². The predicted molar refractivity (Wildman–Crippen MR) is 241 cm³/mol. The number of aromatic nitrogens is 2. The third-order valence-electron chi connectivity index (χ3n) is 12.3. The molecule has 0 amide bonds. The molecule has 0 radical (unpaired) electrons. The van der Waals surface area contributed by atoms with Crippen LogP contribution in [-0.4, -0.2) is 9.55 Å². The van der Waals surface area contributed by atoms with E-state index >= 15 is 0 Å². The average molecular weight is 725 g/mol. The van der Waals surface area contributed by atoms with Crippen molar-refractivity contribution in [1.82, 2.24) is 9.55 Å². The van der Waals surface area contributed by atoms with Gasteiger partial charge in [-0.3, -0.25) is 4.57 Å². The number of para-hydroxylation sites is 2. The maximum atomic E-state index is 5.06. The Labute approximate surface area is 330 Å². The molecule has 1 aliphatic rings. The quantitative estimate of drug-likeness (QED) is 0.162. The van der Waals surface area contributed by atoms with Gasteiger partial charge in [-0.1, -0.05) is 165 Å². The Morgan fingerprint density at radius 1 is 0.404 bits per heavy atom. The summed E-state index contributed by atoms with van der Waals surface area (Å²) in [5.41, 5.74) is 16.0. The van der Waals surface area contributed by atoms with Gasteiger partial charge in [0.2, 0.25) is 0 Å². The third-order valence-corrected chi connectivity index (χ3v) is 12.3. The fourth-order valence-electron chi connectivity index (χ4n) is 9.82. The summed E-state index contributed by atoms with van der Waals surface area (Å²) in [6.45, 7) is 2.19. The molecule has 10 aromatic carbocycles. The van der Waals surface area contributed by atoms with Crippen molar-refractivity contribution in [3.05, 3.63) is 194 Å². The van der Waals surface area contributed by atoms with Crippen LogP contribution in [0, 0.1) is 0 Å². The number of hydrogen-bond acceptors (Lipinski definition) is 1. The van der Waals surface area contributed by atoms with Crippen molar-refractivity contribution in [3.63, 3.8) is 0 Å². The summed E-state index contributed by atoms with van der Waals surface area (Å²) < 4.78 is 2.36. The zero-order valence-corrected chi connectivity index (χ0v) is 31.5. The highest BCUT2D eigenvalue weighted by atomic mass is 15.1. The van der Waals surface area contributed by atoms with E-state index < -0.39 is 0 Å². The molecule has 1 aliphatic carbocycles. The molecule has 2 heteroatoms.